The number of sulfone groups is 1. The summed E-state index contributed by atoms with van der Waals surface area (Å²) in [7, 11) is -3.28. The molecule has 3 N–H and O–H groups in total. The predicted octanol–water partition coefficient (Wildman–Crippen LogP) is 3.58. The molecule has 2 unspecified atom stereocenters. The van der Waals surface area contributed by atoms with Crippen LogP contribution >= 0.6 is 0 Å². The highest BCUT2D eigenvalue weighted by Gasteiger charge is 2.35. The average molecular weight is 505 g/mol. The number of halogens is 1. The first-order chi connectivity index (χ1) is 16.1. The topological polar surface area (TPSA) is 113 Å². The lowest BCUT2D eigenvalue weighted by molar-refractivity contribution is -0.128. The summed E-state index contributed by atoms with van der Waals surface area (Å²) in [4.78, 5) is 26.1. The first-order valence-electron chi connectivity index (χ1n) is 11.5. The molecule has 1 aliphatic heterocycles. The van der Waals surface area contributed by atoms with Gasteiger partial charge in [-0.3, -0.25) is 9.59 Å². The largest absolute Gasteiger partial charge is 0.386 e. The summed E-state index contributed by atoms with van der Waals surface area (Å²) in [6.07, 6.45) is 0.194. The SMILES string of the molecule is CC(C)(C)c1ccc(NC(=O)C(NC(=O)C2CCS(=O)(=O)C2)c2ccc(C(C)(C)O)cc2)cc1F. The molecule has 3 rings (SSSR count). The number of benzene rings is 2. The van der Waals surface area contributed by atoms with Crippen molar-refractivity contribution in [2.24, 2.45) is 5.92 Å². The first kappa shape index (κ1) is 26.8. The van der Waals surface area contributed by atoms with E-state index in [1.54, 1.807) is 50.2 Å². The molecular weight excluding hydrogens is 471 g/mol. The van der Waals surface area contributed by atoms with Crippen LogP contribution in [0, 0.1) is 11.7 Å². The number of rotatable bonds is 6. The van der Waals surface area contributed by atoms with Crippen LogP contribution in [0.1, 0.15) is 63.8 Å². The minimum absolute atomic E-state index is 0.0678. The smallest absolute Gasteiger partial charge is 0.251 e. The summed E-state index contributed by atoms with van der Waals surface area (Å²) in [5.74, 6) is -2.66. The highest BCUT2D eigenvalue weighted by Crippen LogP contribution is 2.28. The van der Waals surface area contributed by atoms with Crippen molar-refractivity contribution in [1.29, 1.82) is 0 Å². The van der Waals surface area contributed by atoms with Crippen molar-refractivity contribution in [3.63, 3.8) is 0 Å². The lowest BCUT2D eigenvalue weighted by Crippen LogP contribution is -2.40. The van der Waals surface area contributed by atoms with Gasteiger partial charge in [-0.1, -0.05) is 51.1 Å². The van der Waals surface area contributed by atoms with Gasteiger partial charge in [-0.2, -0.15) is 0 Å². The third-order valence-electron chi connectivity index (χ3n) is 6.15. The van der Waals surface area contributed by atoms with Crippen molar-refractivity contribution in [2.45, 2.75) is 58.1 Å². The molecular formula is C26H33FN2O5S. The van der Waals surface area contributed by atoms with E-state index in [-0.39, 0.29) is 23.6 Å². The van der Waals surface area contributed by atoms with Crippen LogP contribution in [0.15, 0.2) is 42.5 Å². The van der Waals surface area contributed by atoms with E-state index in [0.29, 0.717) is 16.7 Å². The Morgan fingerprint density at radius 1 is 1.06 bits per heavy atom. The van der Waals surface area contributed by atoms with Gasteiger partial charge in [-0.15, -0.1) is 0 Å². The summed E-state index contributed by atoms with van der Waals surface area (Å²) < 4.78 is 38.3. The van der Waals surface area contributed by atoms with Crippen molar-refractivity contribution in [3.05, 3.63) is 65.0 Å². The van der Waals surface area contributed by atoms with Gasteiger partial charge in [0, 0.05) is 5.69 Å². The second kappa shape index (κ2) is 9.70. The number of aliphatic hydroxyl groups is 1. The van der Waals surface area contributed by atoms with Gasteiger partial charge in [0.15, 0.2) is 9.84 Å². The first-order valence-corrected chi connectivity index (χ1v) is 13.3. The van der Waals surface area contributed by atoms with Crippen LogP contribution in [0.25, 0.3) is 0 Å². The predicted molar refractivity (Wildman–Crippen MR) is 133 cm³/mol. The van der Waals surface area contributed by atoms with Gasteiger partial charge in [-0.25, -0.2) is 12.8 Å². The van der Waals surface area contributed by atoms with Crippen molar-refractivity contribution in [1.82, 2.24) is 5.32 Å². The van der Waals surface area contributed by atoms with Gasteiger partial charge >= 0.3 is 0 Å². The number of carbonyl (C=O) groups is 2. The zero-order valence-corrected chi connectivity index (χ0v) is 21.5. The summed E-state index contributed by atoms with van der Waals surface area (Å²) in [5, 5.41) is 15.6. The van der Waals surface area contributed by atoms with Crippen LogP contribution < -0.4 is 10.6 Å². The maximum atomic E-state index is 14.7. The fourth-order valence-corrected chi connectivity index (χ4v) is 5.80. The van der Waals surface area contributed by atoms with Crippen LogP contribution in [-0.2, 0) is 30.4 Å². The van der Waals surface area contributed by atoms with Crippen LogP contribution in [0.3, 0.4) is 0 Å². The van der Waals surface area contributed by atoms with E-state index < -0.39 is 50.4 Å². The fourth-order valence-electron chi connectivity index (χ4n) is 4.06. The molecule has 0 radical (unpaired) electrons. The second-order valence-electron chi connectivity index (χ2n) is 10.7. The number of anilines is 1. The van der Waals surface area contributed by atoms with Gasteiger partial charge in [0.1, 0.15) is 11.9 Å². The summed E-state index contributed by atoms with van der Waals surface area (Å²) in [6.45, 7) is 8.91. The Hall–Kier alpha value is -2.78. The Kier molecular flexibility index (Phi) is 7.43. The summed E-state index contributed by atoms with van der Waals surface area (Å²) in [6, 6.07) is 9.84. The second-order valence-corrected chi connectivity index (χ2v) is 12.9. The zero-order valence-electron chi connectivity index (χ0n) is 20.7. The molecule has 1 fully saturated rings. The van der Waals surface area contributed by atoms with E-state index >= 15 is 0 Å². The molecule has 1 aliphatic rings. The Morgan fingerprint density at radius 2 is 1.69 bits per heavy atom. The molecule has 0 aliphatic carbocycles. The molecule has 1 heterocycles. The van der Waals surface area contributed by atoms with Crippen molar-refractivity contribution < 1.29 is 27.5 Å². The maximum absolute atomic E-state index is 14.7. The van der Waals surface area contributed by atoms with Gasteiger partial charge in [0.05, 0.1) is 23.0 Å². The van der Waals surface area contributed by atoms with E-state index in [1.807, 2.05) is 20.8 Å². The van der Waals surface area contributed by atoms with Gasteiger partial charge < -0.3 is 15.7 Å². The standard InChI is InChI=1S/C26H33FN2O5S/c1-25(2,3)20-11-10-19(14-21(20)27)28-24(31)22(16-6-8-18(9-7-16)26(4,5)32)29-23(30)17-12-13-35(33,34)15-17/h6-11,14,17,22,32H,12-13,15H2,1-5H3,(H,28,31)(H,29,30). The van der Waals surface area contributed by atoms with Crippen LogP contribution in [0.4, 0.5) is 10.1 Å². The monoisotopic (exact) mass is 504 g/mol. The molecule has 2 amide bonds. The highest BCUT2D eigenvalue weighted by molar-refractivity contribution is 7.91. The Balaban J connectivity index is 1.88. The van der Waals surface area contributed by atoms with Crippen molar-refractivity contribution in [3.8, 4) is 0 Å². The molecule has 35 heavy (non-hydrogen) atoms. The fraction of sp³-hybridized carbons (Fsp3) is 0.462. The molecule has 9 heteroatoms. The van der Waals surface area contributed by atoms with Crippen LogP contribution in [-0.4, -0.2) is 36.8 Å². The molecule has 7 nitrogen and oxygen atoms in total. The Morgan fingerprint density at radius 3 is 2.17 bits per heavy atom. The minimum Gasteiger partial charge on any atom is -0.386 e. The minimum atomic E-state index is -3.28. The highest BCUT2D eigenvalue weighted by atomic mass is 32.2. The summed E-state index contributed by atoms with van der Waals surface area (Å²) >= 11 is 0. The van der Waals surface area contributed by atoms with E-state index in [9.17, 15) is 27.5 Å². The Bertz CT molecular complexity index is 1210. The number of carbonyl (C=O) groups excluding carboxylic acids is 2. The van der Waals surface area contributed by atoms with Gasteiger partial charge in [-0.05, 0) is 54.5 Å². The third-order valence-corrected chi connectivity index (χ3v) is 7.92. The van der Waals surface area contributed by atoms with E-state index in [4.69, 9.17) is 0 Å². The van der Waals surface area contributed by atoms with Crippen LogP contribution in [0.5, 0.6) is 0 Å². The van der Waals surface area contributed by atoms with Crippen molar-refractivity contribution in [2.75, 3.05) is 16.8 Å². The number of hydrogen-bond acceptors (Lipinski definition) is 5. The van der Waals surface area contributed by atoms with E-state index in [0.717, 1.165) is 0 Å². The summed E-state index contributed by atoms with van der Waals surface area (Å²) in [5.41, 5.74) is 0.295. The molecule has 0 spiro atoms. The lowest BCUT2D eigenvalue weighted by Gasteiger charge is -2.23. The van der Waals surface area contributed by atoms with Gasteiger partial charge in [0.25, 0.3) is 5.91 Å². The molecule has 190 valence electrons. The number of amides is 2. The average Bonchev–Trinajstić information content (AvgIpc) is 3.10. The lowest BCUT2D eigenvalue weighted by atomic mass is 9.86. The quantitative estimate of drug-likeness (QED) is 0.557. The van der Waals surface area contributed by atoms with Crippen LogP contribution in [0.2, 0.25) is 0 Å². The third kappa shape index (κ3) is 6.67. The van der Waals surface area contributed by atoms with Crippen molar-refractivity contribution >= 4 is 27.3 Å². The normalized spacial score (nSPS) is 18.7. The van der Waals surface area contributed by atoms with E-state index in [1.165, 1.54) is 6.07 Å². The molecule has 2 aromatic rings. The number of nitrogens with one attached hydrogen (secondary N) is 2. The maximum Gasteiger partial charge on any atom is 0.251 e. The number of hydrogen-bond donors (Lipinski definition) is 3. The zero-order chi connectivity index (χ0) is 26.2. The van der Waals surface area contributed by atoms with Gasteiger partial charge in [0.2, 0.25) is 5.91 Å². The molecule has 2 aromatic carbocycles. The molecule has 0 aromatic heterocycles. The molecule has 1 saturated heterocycles. The molecule has 0 bridgehead atoms. The molecule has 2 atom stereocenters. The molecule has 0 saturated carbocycles. The van der Waals surface area contributed by atoms with E-state index in [2.05, 4.69) is 10.6 Å². The Labute approximate surface area is 206 Å².